The van der Waals surface area contributed by atoms with Crippen molar-refractivity contribution in [2.24, 2.45) is 5.11 Å². The van der Waals surface area contributed by atoms with Gasteiger partial charge in [-0.1, -0.05) is 0 Å². The molecule has 11 heavy (non-hydrogen) atoms. The molecule has 1 unspecified atom stereocenters. The van der Waals surface area contributed by atoms with Crippen LogP contribution in [0, 0.1) is 16.9 Å². The fraction of sp³-hybridized carbons (Fsp3) is 0.400. The van der Waals surface area contributed by atoms with Gasteiger partial charge in [-0.2, -0.15) is 5.26 Å². The summed E-state index contributed by atoms with van der Waals surface area (Å²) in [4.78, 5) is 20.6. The molecule has 0 aromatic heterocycles. The van der Waals surface area contributed by atoms with Crippen LogP contribution in [0.2, 0.25) is 0 Å². The Kier molecular flexibility index (Phi) is 3.45. The molecule has 0 radical (unpaired) electrons. The number of hydrogen-bond acceptors (Lipinski definition) is 5. The standard InChI is InChI=1S/C5H5N3O3/c1-3(9)11-4(2-6)5(10)8-7/h4,7H,1H3. The minimum Gasteiger partial charge on any atom is -0.437 e. The lowest BCUT2D eigenvalue weighted by Crippen LogP contribution is -2.22. The summed E-state index contributed by atoms with van der Waals surface area (Å²) in [6.45, 7) is 1.06. The van der Waals surface area contributed by atoms with Gasteiger partial charge in [0.15, 0.2) is 0 Å². The van der Waals surface area contributed by atoms with Gasteiger partial charge in [-0.3, -0.25) is 9.59 Å². The Balaban J connectivity index is 4.20. The minimum atomic E-state index is -1.58. The molecule has 58 valence electrons. The molecule has 1 amide bonds. The second-order valence-electron chi connectivity index (χ2n) is 1.57. The molecule has 0 saturated heterocycles. The van der Waals surface area contributed by atoms with E-state index in [4.69, 9.17) is 10.8 Å². The average Bonchev–Trinajstić information content (AvgIpc) is 1.98. The van der Waals surface area contributed by atoms with E-state index in [1.807, 2.05) is 0 Å². The molecule has 0 rings (SSSR count). The van der Waals surface area contributed by atoms with Gasteiger partial charge in [0.2, 0.25) is 0 Å². The first kappa shape index (κ1) is 9.23. The van der Waals surface area contributed by atoms with E-state index in [0.717, 1.165) is 6.92 Å². The molecule has 6 heteroatoms. The third-order valence-electron chi connectivity index (χ3n) is 0.736. The first-order valence-corrected chi connectivity index (χ1v) is 2.60. The molecule has 1 atom stereocenters. The van der Waals surface area contributed by atoms with Crippen molar-refractivity contribution in [3.8, 4) is 6.07 Å². The average molecular weight is 155 g/mol. The zero-order valence-corrected chi connectivity index (χ0v) is 5.70. The number of nitriles is 1. The van der Waals surface area contributed by atoms with Gasteiger partial charge < -0.3 is 4.74 Å². The van der Waals surface area contributed by atoms with Crippen LogP contribution in [-0.4, -0.2) is 18.0 Å². The van der Waals surface area contributed by atoms with Crippen LogP contribution in [0.5, 0.6) is 0 Å². The number of nitrogens with zero attached hydrogens (tertiary/aromatic N) is 2. The van der Waals surface area contributed by atoms with Gasteiger partial charge in [-0.25, -0.2) is 5.53 Å². The molecule has 0 aliphatic carbocycles. The van der Waals surface area contributed by atoms with Crippen molar-refractivity contribution in [3.05, 3.63) is 0 Å². The molecule has 0 bridgehead atoms. The molecule has 0 saturated carbocycles. The van der Waals surface area contributed by atoms with Crippen LogP contribution in [-0.2, 0) is 14.3 Å². The van der Waals surface area contributed by atoms with E-state index in [9.17, 15) is 9.59 Å². The fourth-order valence-electron chi connectivity index (χ4n) is 0.357. The van der Waals surface area contributed by atoms with Crippen LogP contribution >= 0.6 is 0 Å². The molecule has 0 fully saturated rings. The summed E-state index contributed by atoms with van der Waals surface area (Å²) >= 11 is 0. The van der Waals surface area contributed by atoms with E-state index >= 15 is 0 Å². The maximum atomic E-state index is 10.4. The van der Waals surface area contributed by atoms with Crippen LogP contribution in [0.1, 0.15) is 6.92 Å². The number of ether oxygens (including phenoxy) is 1. The highest BCUT2D eigenvalue weighted by Crippen LogP contribution is 1.93. The monoisotopic (exact) mass is 155 g/mol. The van der Waals surface area contributed by atoms with E-state index in [2.05, 4.69) is 9.85 Å². The summed E-state index contributed by atoms with van der Waals surface area (Å²) in [6.07, 6.45) is -1.58. The molecule has 0 aliphatic heterocycles. The highest BCUT2D eigenvalue weighted by molar-refractivity contribution is 5.85. The van der Waals surface area contributed by atoms with Crippen molar-refractivity contribution in [3.63, 3.8) is 0 Å². The third-order valence-corrected chi connectivity index (χ3v) is 0.736. The number of nitrogens with one attached hydrogen (secondary N) is 1. The van der Waals surface area contributed by atoms with Crippen molar-refractivity contribution in [1.29, 1.82) is 10.8 Å². The Labute approximate surface area is 62.3 Å². The summed E-state index contributed by atoms with van der Waals surface area (Å²) in [5.74, 6) is -1.84. The van der Waals surface area contributed by atoms with Crippen LogP contribution in [0.25, 0.3) is 0 Å². The summed E-state index contributed by atoms with van der Waals surface area (Å²) in [5.41, 5.74) is 6.22. The number of amides is 1. The molecule has 0 aromatic carbocycles. The lowest BCUT2D eigenvalue weighted by atomic mass is 10.4. The zero-order chi connectivity index (χ0) is 8.85. The number of esters is 1. The Bertz CT molecular complexity index is 230. The third kappa shape index (κ3) is 3.05. The highest BCUT2D eigenvalue weighted by Gasteiger charge is 2.19. The van der Waals surface area contributed by atoms with E-state index in [1.165, 1.54) is 6.07 Å². The molecular formula is C5H5N3O3. The van der Waals surface area contributed by atoms with E-state index in [1.54, 1.807) is 0 Å². The SMILES string of the molecule is CC(=O)OC(C#N)C(=O)N=N. The summed E-state index contributed by atoms with van der Waals surface area (Å²) < 4.78 is 4.19. The molecule has 0 aromatic rings. The van der Waals surface area contributed by atoms with Crippen LogP contribution < -0.4 is 0 Å². The molecule has 6 nitrogen and oxygen atoms in total. The van der Waals surface area contributed by atoms with E-state index in [-0.39, 0.29) is 0 Å². The zero-order valence-electron chi connectivity index (χ0n) is 5.70. The van der Waals surface area contributed by atoms with E-state index < -0.39 is 18.0 Å². The second-order valence-corrected chi connectivity index (χ2v) is 1.57. The van der Waals surface area contributed by atoms with Gasteiger partial charge >= 0.3 is 11.9 Å². The summed E-state index contributed by atoms with van der Waals surface area (Å²) in [6, 6.07) is 1.38. The number of carbonyl (C=O) groups excluding carboxylic acids is 2. The van der Waals surface area contributed by atoms with Crippen molar-refractivity contribution in [2.45, 2.75) is 13.0 Å². The number of rotatable bonds is 2. The largest absolute Gasteiger partial charge is 0.437 e. The minimum absolute atomic E-state index is 0.756. The van der Waals surface area contributed by atoms with Gasteiger partial charge in [0.1, 0.15) is 6.07 Å². The molecular weight excluding hydrogens is 150 g/mol. The predicted molar refractivity (Wildman–Crippen MR) is 31.3 cm³/mol. The molecule has 0 spiro atoms. The van der Waals surface area contributed by atoms with E-state index in [0.29, 0.717) is 0 Å². The second kappa shape index (κ2) is 4.11. The summed E-state index contributed by atoms with van der Waals surface area (Å²) in [7, 11) is 0. The summed E-state index contributed by atoms with van der Waals surface area (Å²) in [5, 5.41) is 10.6. The van der Waals surface area contributed by atoms with Crippen LogP contribution in [0.15, 0.2) is 5.11 Å². The molecule has 0 aliphatic rings. The molecule has 1 N–H and O–H groups in total. The van der Waals surface area contributed by atoms with Crippen molar-refractivity contribution >= 4 is 11.9 Å². The Morgan fingerprint density at radius 2 is 2.27 bits per heavy atom. The van der Waals surface area contributed by atoms with Crippen molar-refractivity contribution < 1.29 is 14.3 Å². The lowest BCUT2D eigenvalue weighted by molar-refractivity contribution is -0.149. The van der Waals surface area contributed by atoms with Crippen LogP contribution in [0.4, 0.5) is 0 Å². The Morgan fingerprint density at radius 3 is 2.55 bits per heavy atom. The number of carbonyl (C=O) groups is 2. The highest BCUT2D eigenvalue weighted by atomic mass is 16.5. The predicted octanol–water partition coefficient (Wildman–Crippen LogP) is -0.000750. The quantitative estimate of drug-likeness (QED) is 0.447. The maximum Gasteiger partial charge on any atom is 0.319 e. The van der Waals surface area contributed by atoms with Gasteiger partial charge in [0.25, 0.3) is 6.10 Å². The first-order chi connectivity index (χ1) is 5.11. The Hall–Kier alpha value is -1.77. The Morgan fingerprint density at radius 1 is 1.73 bits per heavy atom. The fourth-order valence-corrected chi connectivity index (χ4v) is 0.357. The van der Waals surface area contributed by atoms with Crippen molar-refractivity contribution in [1.82, 2.24) is 0 Å². The van der Waals surface area contributed by atoms with Gasteiger partial charge in [0, 0.05) is 6.92 Å². The van der Waals surface area contributed by atoms with Gasteiger partial charge in [-0.05, 0) is 0 Å². The topological polar surface area (TPSA) is 103 Å². The first-order valence-electron chi connectivity index (χ1n) is 2.60. The smallest absolute Gasteiger partial charge is 0.319 e. The van der Waals surface area contributed by atoms with Crippen molar-refractivity contribution in [2.75, 3.05) is 0 Å². The van der Waals surface area contributed by atoms with Gasteiger partial charge in [-0.15, -0.1) is 5.11 Å². The molecule has 0 heterocycles. The lowest BCUT2D eigenvalue weighted by Gasteiger charge is -2.01. The van der Waals surface area contributed by atoms with Crippen LogP contribution in [0.3, 0.4) is 0 Å². The van der Waals surface area contributed by atoms with Gasteiger partial charge in [0.05, 0.1) is 0 Å². The maximum absolute atomic E-state index is 10.4. The number of hydrogen-bond donors (Lipinski definition) is 1. The normalized spacial score (nSPS) is 10.9.